The van der Waals surface area contributed by atoms with Crippen LogP contribution >= 0.6 is 0 Å². The van der Waals surface area contributed by atoms with Crippen LogP contribution in [0, 0.1) is 6.92 Å². The predicted octanol–water partition coefficient (Wildman–Crippen LogP) is 4.98. The van der Waals surface area contributed by atoms with E-state index in [-0.39, 0.29) is 11.8 Å². The number of amides is 1. The summed E-state index contributed by atoms with van der Waals surface area (Å²) in [6, 6.07) is 15.7. The molecule has 1 unspecified atom stereocenters. The Morgan fingerprint density at radius 3 is 2.50 bits per heavy atom. The molecule has 1 amide bonds. The first-order chi connectivity index (χ1) is 15.4. The minimum atomic E-state index is -0.943. The number of carbonyl (C=O) groups is 2. The zero-order chi connectivity index (χ0) is 22.8. The van der Waals surface area contributed by atoms with Crippen molar-refractivity contribution in [3.63, 3.8) is 0 Å². The number of aromatic nitrogens is 2. The molecule has 32 heavy (non-hydrogen) atoms. The lowest BCUT2D eigenvalue weighted by Gasteiger charge is -2.19. The summed E-state index contributed by atoms with van der Waals surface area (Å²) in [6.07, 6.45) is 1.68. The largest absolute Gasteiger partial charge is 0.448 e. The number of aryl methyl sites for hydroxylation is 1. The highest BCUT2D eigenvalue weighted by molar-refractivity contribution is 5.98. The van der Waals surface area contributed by atoms with Crippen molar-refractivity contribution in [1.82, 2.24) is 9.78 Å². The van der Waals surface area contributed by atoms with E-state index < -0.39 is 12.1 Å². The lowest BCUT2D eigenvalue weighted by atomic mass is 9.98. The van der Waals surface area contributed by atoms with Crippen molar-refractivity contribution in [3.05, 3.63) is 76.6 Å². The Kier molecular flexibility index (Phi) is 6.12. The Balaban J connectivity index is 1.52. The summed E-state index contributed by atoms with van der Waals surface area (Å²) < 4.78 is 7.38. The van der Waals surface area contributed by atoms with Crippen molar-refractivity contribution in [1.29, 1.82) is 0 Å². The molecule has 0 fully saturated rings. The first-order valence-corrected chi connectivity index (χ1v) is 11.1. The van der Waals surface area contributed by atoms with Gasteiger partial charge in [0.1, 0.15) is 0 Å². The lowest BCUT2D eigenvalue weighted by Crippen LogP contribution is -2.31. The van der Waals surface area contributed by atoms with E-state index in [4.69, 9.17) is 4.74 Å². The number of ether oxygens (including phenoxy) is 1. The second-order valence-corrected chi connectivity index (χ2v) is 8.61. The Morgan fingerprint density at radius 1 is 1.03 bits per heavy atom. The second kappa shape index (κ2) is 8.99. The van der Waals surface area contributed by atoms with Gasteiger partial charge in [-0.2, -0.15) is 5.10 Å². The molecule has 0 saturated heterocycles. The highest BCUT2D eigenvalue weighted by Gasteiger charge is 2.30. The van der Waals surface area contributed by atoms with E-state index in [1.165, 1.54) is 0 Å². The monoisotopic (exact) mass is 431 g/mol. The van der Waals surface area contributed by atoms with Gasteiger partial charge in [-0.3, -0.25) is 4.79 Å². The lowest BCUT2D eigenvalue weighted by molar-refractivity contribution is -0.123. The topological polar surface area (TPSA) is 73.2 Å². The molecule has 0 bridgehead atoms. The average Bonchev–Trinajstić information content (AvgIpc) is 3.38. The number of hydrogen-bond donors (Lipinski definition) is 1. The molecule has 0 spiro atoms. The van der Waals surface area contributed by atoms with Gasteiger partial charge < -0.3 is 10.1 Å². The third-order valence-electron chi connectivity index (χ3n) is 5.95. The normalized spacial score (nSPS) is 13.7. The summed E-state index contributed by atoms with van der Waals surface area (Å²) in [5.74, 6) is -0.657. The molecule has 166 valence electrons. The molecule has 1 aliphatic rings. The zero-order valence-electron chi connectivity index (χ0n) is 19.0. The molecular weight excluding hydrogens is 402 g/mol. The molecule has 0 aliphatic heterocycles. The Labute approximate surface area is 188 Å². The average molecular weight is 432 g/mol. The summed E-state index contributed by atoms with van der Waals surface area (Å²) >= 11 is 0. The van der Waals surface area contributed by atoms with Crippen LogP contribution in [-0.2, 0) is 22.4 Å². The zero-order valence-corrected chi connectivity index (χ0v) is 19.0. The molecule has 6 heteroatoms. The van der Waals surface area contributed by atoms with Gasteiger partial charge in [0, 0.05) is 16.9 Å². The van der Waals surface area contributed by atoms with E-state index in [0.29, 0.717) is 5.69 Å². The van der Waals surface area contributed by atoms with Gasteiger partial charge in [0.25, 0.3) is 5.91 Å². The maximum Gasteiger partial charge on any atom is 0.359 e. The third-order valence-corrected chi connectivity index (χ3v) is 5.95. The fourth-order valence-electron chi connectivity index (χ4n) is 4.22. The predicted molar refractivity (Wildman–Crippen MR) is 124 cm³/mol. The minimum Gasteiger partial charge on any atom is -0.448 e. The molecule has 0 saturated carbocycles. The van der Waals surface area contributed by atoms with E-state index >= 15 is 0 Å². The molecule has 1 N–H and O–H groups in total. The SMILES string of the molecule is Cc1cccc(C(C)C)c1NC(=O)C(C)OC(=O)c1nn(-c2ccccc2)c2c1CCC2. The molecule has 3 aromatic rings. The van der Waals surface area contributed by atoms with Crippen LogP contribution < -0.4 is 5.32 Å². The minimum absolute atomic E-state index is 0.257. The Morgan fingerprint density at radius 2 is 1.78 bits per heavy atom. The summed E-state index contributed by atoms with van der Waals surface area (Å²) in [7, 11) is 0. The molecule has 1 heterocycles. The molecule has 4 rings (SSSR count). The maximum atomic E-state index is 13.0. The van der Waals surface area contributed by atoms with Crippen LogP contribution in [0.4, 0.5) is 5.69 Å². The number of para-hydroxylation sites is 2. The van der Waals surface area contributed by atoms with Crippen molar-refractivity contribution in [2.24, 2.45) is 0 Å². The molecular formula is C26H29N3O3. The van der Waals surface area contributed by atoms with Crippen molar-refractivity contribution in [3.8, 4) is 5.69 Å². The number of carbonyl (C=O) groups excluding carboxylic acids is 2. The van der Waals surface area contributed by atoms with Crippen molar-refractivity contribution >= 4 is 17.6 Å². The number of rotatable bonds is 6. The van der Waals surface area contributed by atoms with E-state index in [0.717, 1.165) is 53.0 Å². The standard InChI is InChI=1S/C26H29N3O3/c1-16(2)20-13-8-10-17(3)23(20)27-25(30)18(4)32-26(31)24-21-14-9-15-22(21)29(28-24)19-11-6-5-7-12-19/h5-8,10-13,16,18H,9,14-15H2,1-4H3,(H,27,30). The molecule has 0 radical (unpaired) electrons. The van der Waals surface area contributed by atoms with Crippen molar-refractivity contribution in [2.45, 2.75) is 59.0 Å². The summed E-state index contributed by atoms with van der Waals surface area (Å²) in [4.78, 5) is 25.8. The van der Waals surface area contributed by atoms with Crippen LogP contribution in [0.5, 0.6) is 0 Å². The molecule has 1 aliphatic carbocycles. The van der Waals surface area contributed by atoms with Gasteiger partial charge in [-0.15, -0.1) is 0 Å². The first-order valence-electron chi connectivity index (χ1n) is 11.1. The number of fused-ring (bicyclic) bond motifs is 1. The van der Waals surface area contributed by atoms with Gasteiger partial charge in [0.05, 0.1) is 5.69 Å². The summed E-state index contributed by atoms with van der Waals surface area (Å²) in [5, 5.41) is 7.52. The van der Waals surface area contributed by atoms with Gasteiger partial charge >= 0.3 is 5.97 Å². The highest BCUT2D eigenvalue weighted by atomic mass is 16.5. The van der Waals surface area contributed by atoms with Gasteiger partial charge in [-0.05, 0) is 62.3 Å². The maximum absolute atomic E-state index is 13.0. The fraction of sp³-hybridized carbons (Fsp3) is 0.346. The Hall–Kier alpha value is -3.41. The number of esters is 1. The van der Waals surface area contributed by atoms with Crippen LogP contribution in [0.25, 0.3) is 5.69 Å². The van der Waals surface area contributed by atoms with Crippen LogP contribution in [0.3, 0.4) is 0 Å². The van der Waals surface area contributed by atoms with E-state index in [9.17, 15) is 9.59 Å². The second-order valence-electron chi connectivity index (χ2n) is 8.61. The number of anilines is 1. The van der Waals surface area contributed by atoms with Crippen molar-refractivity contribution < 1.29 is 14.3 Å². The molecule has 2 aromatic carbocycles. The number of hydrogen-bond acceptors (Lipinski definition) is 4. The van der Waals surface area contributed by atoms with Crippen LogP contribution in [0.1, 0.15) is 66.0 Å². The van der Waals surface area contributed by atoms with E-state index in [1.807, 2.05) is 60.1 Å². The molecule has 6 nitrogen and oxygen atoms in total. The quantitative estimate of drug-likeness (QED) is 0.559. The number of benzene rings is 2. The van der Waals surface area contributed by atoms with Gasteiger partial charge in [0.15, 0.2) is 11.8 Å². The summed E-state index contributed by atoms with van der Waals surface area (Å²) in [6.45, 7) is 7.71. The molecule has 1 aromatic heterocycles. The smallest absolute Gasteiger partial charge is 0.359 e. The molecule has 1 atom stereocenters. The highest BCUT2D eigenvalue weighted by Crippen LogP contribution is 2.29. The first kappa shape index (κ1) is 21.8. The van der Waals surface area contributed by atoms with Gasteiger partial charge in [-0.1, -0.05) is 50.2 Å². The third kappa shape index (κ3) is 4.17. The van der Waals surface area contributed by atoms with E-state index in [1.54, 1.807) is 6.92 Å². The number of nitrogens with one attached hydrogen (secondary N) is 1. The summed E-state index contributed by atoms with van der Waals surface area (Å²) in [5.41, 5.74) is 5.99. The number of nitrogens with zero attached hydrogens (tertiary/aromatic N) is 2. The van der Waals surface area contributed by atoms with Crippen LogP contribution in [0.15, 0.2) is 48.5 Å². The van der Waals surface area contributed by atoms with Crippen molar-refractivity contribution in [2.75, 3.05) is 5.32 Å². The van der Waals surface area contributed by atoms with E-state index in [2.05, 4.69) is 24.3 Å². The van der Waals surface area contributed by atoms with Gasteiger partial charge in [-0.25, -0.2) is 9.48 Å². The Bertz CT molecular complexity index is 1150. The van der Waals surface area contributed by atoms with Crippen LogP contribution in [-0.4, -0.2) is 27.8 Å². The fourth-order valence-corrected chi connectivity index (χ4v) is 4.22. The van der Waals surface area contributed by atoms with Gasteiger partial charge in [0.2, 0.25) is 0 Å². The van der Waals surface area contributed by atoms with Crippen LogP contribution in [0.2, 0.25) is 0 Å².